The quantitative estimate of drug-likeness (QED) is 0.372. The second-order valence-electron chi connectivity index (χ2n) is 9.67. The molecule has 0 radical (unpaired) electrons. The van der Waals surface area contributed by atoms with Crippen LogP contribution in [0.5, 0.6) is 11.5 Å². The van der Waals surface area contributed by atoms with Crippen molar-refractivity contribution < 1.29 is 28.7 Å². The Morgan fingerprint density at radius 1 is 0.914 bits per heavy atom. The molecule has 2 aromatic carbocycles. The number of hydrogen-bond donors (Lipinski definition) is 0. The molecular formula is C27H28N2O6. The van der Waals surface area contributed by atoms with Crippen LogP contribution in [0.1, 0.15) is 32.6 Å². The third kappa shape index (κ3) is 4.29. The van der Waals surface area contributed by atoms with Crippen LogP contribution in [0.2, 0.25) is 0 Å². The lowest BCUT2D eigenvalue weighted by molar-refractivity contribution is -0.139. The van der Waals surface area contributed by atoms with Gasteiger partial charge >= 0.3 is 5.97 Å². The molecule has 2 aromatic rings. The molecule has 35 heavy (non-hydrogen) atoms. The maximum Gasteiger partial charge on any atom is 0.316 e. The molecule has 2 heterocycles. The highest BCUT2D eigenvalue weighted by molar-refractivity contribution is 6.22. The maximum absolute atomic E-state index is 13.0. The van der Waals surface area contributed by atoms with Gasteiger partial charge in [0.05, 0.1) is 30.6 Å². The van der Waals surface area contributed by atoms with Crippen molar-refractivity contribution in [3.63, 3.8) is 0 Å². The Bertz CT molecular complexity index is 1190. The van der Waals surface area contributed by atoms with Crippen LogP contribution in [-0.2, 0) is 19.2 Å². The summed E-state index contributed by atoms with van der Waals surface area (Å²) in [6.45, 7) is 2.31. The molecule has 0 spiro atoms. The van der Waals surface area contributed by atoms with Gasteiger partial charge in [0.25, 0.3) is 0 Å². The first-order chi connectivity index (χ1) is 16.9. The standard InChI is InChI=1S/C27H28N2O6/c1-16-9-10-22-23(11-16)26(32)29(25(22)31)19-6-4-8-21(14-19)35-27(33)17-12-24(30)28(15-17)18-5-3-7-20(13-18)34-2/h3-8,13-14,16-17,22-23H,9-12,15H2,1-2H3/t16-,17-,22+,23+/m1/s1. The number of carbonyl (C=O) groups excluding carboxylic acids is 4. The van der Waals surface area contributed by atoms with E-state index in [2.05, 4.69) is 6.92 Å². The molecule has 0 N–H and O–H groups in total. The fourth-order valence-corrected chi connectivity index (χ4v) is 5.42. The van der Waals surface area contributed by atoms with E-state index in [0.29, 0.717) is 23.0 Å². The van der Waals surface area contributed by atoms with Gasteiger partial charge in [-0.2, -0.15) is 0 Å². The zero-order chi connectivity index (χ0) is 24.7. The summed E-state index contributed by atoms with van der Waals surface area (Å²) in [4.78, 5) is 54.3. The van der Waals surface area contributed by atoms with Crippen LogP contribution in [0.25, 0.3) is 0 Å². The fraction of sp³-hybridized carbons (Fsp3) is 0.407. The Morgan fingerprint density at radius 2 is 1.60 bits per heavy atom. The molecule has 1 saturated carbocycles. The van der Waals surface area contributed by atoms with Crippen molar-refractivity contribution in [2.75, 3.05) is 23.5 Å². The molecule has 0 aromatic heterocycles. The number of fused-ring (bicyclic) bond motifs is 1. The minimum atomic E-state index is -0.628. The number of benzene rings is 2. The van der Waals surface area contributed by atoms with Crippen LogP contribution in [0.3, 0.4) is 0 Å². The minimum absolute atomic E-state index is 0.0420. The second-order valence-corrected chi connectivity index (χ2v) is 9.67. The Kier molecular flexibility index (Phi) is 6.05. The number of esters is 1. The third-order valence-electron chi connectivity index (χ3n) is 7.31. The van der Waals surface area contributed by atoms with Crippen molar-refractivity contribution in [3.05, 3.63) is 48.5 Å². The van der Waals surface area contributed by atoms with Gasteiger partial charge in [-0.05, 0) is 49.4 Å². The van der Waals surface area contributed by atoms with Gasteiger partial charge in [-0.1, -0.05) is 19.1 Å². The molecule has 8 nitrogen and oxygen atoms in total. The van der Waals surface area contributed by atoms with Gasteiger partial charge in [-0.25, -0.2) is 4.90 Å². The third-order valence-corrected chi connectivity index (χ3v) is 7.31. The molecule has 2 aliphatic heterocycles. The van der Waals surface area contributed by atoms with E-state index in [1.165, 1.54) is 4.90 Å². The first-order valence-electron chi connectivity index (χ1n) is 12.0. The zero-order valence-electron chi connectivity index (χ0n) is 19.8. The molecule has 3 aliphatic rings. The number of ether oxygens (including phenoxy) is 2. The number of methoxy groups -OCH3 is 1. The molecule has 182 valence electrons. The number of nitrogens with zero attached hydrogens (tertiary/aromatic N) is 2. The highest BCUT2D eigenvalue weighted by atomic mass is 16.5. The van der Waals surface area contributed by atoms with Crippen molar-refractivity contribution in [3.8, 4) is 11.5 Å². The first-order valence-corrected chi connectivity index (χ1v) is 12.0. The first kappa shape index (κ1) is 23.1. The summed E-state index contributed by atoms with van der Waals surface area (Å²) in [6, 6.07) is 13.6. The molecule has 8 heteroatoms. The number of hydrogen-bond acceptors (Lipinski definition) is 6. The molecule has 2 saturated heterocycles. The number of anilines is 2. The van der Waals surface area contributed by atoms with Gasteiger partial charge in [0, 0.05) is 30.8 Å². The molecule has 0 unspecified atom stereocenters. The lowest BCUT2D eigenvalue weighted by atomic mass is 9.76. The minimum Gasteiger partial charge on any atom is -0.497 e. The van der Waals surface area contributed by atoms with E-state index in [-0.39, 0.29) is 48.3 Å². The highest BCUT2D eigenvalue weighted by Crippen LogP contribution is 2.42. The lowest BCUT2D eigenvalue weighted by Crippen LogP contribution is -2.31. The summed E-state index contributed by atoms with van der Waals surface area (Å²) in [5.74, 6) is -0.927. The summed E-state index contributed by atoms with van der Waals surface area (Å²) in [7, 11) is 1.55. The number of carbonyl (C=O) groups is 4. The largest absolute Gasteiger partial charge is 0.497 e. The summed E-state index contributed by atoms with van der Waals surface area (Å²) >= 11 is 0. The number of rotatable bonds is 5. The predicted octanol–water partition coefficient (Wildman–Crippen LogP) is 3.58. The van der Waals surface area contributed by atoms with E-state index in [1.807, 2.05) is 0 Å². The molecule has 3 amide bonds. The van der Waals surface area contributed by atoms with E-state index < -0.39 is 11.9 Å². The Morgan fingerprint density at radius 3 is 2.37 bits per heavy atom. The second kappa shape index (κ2) is 9.17. The Labute approximate surface area is 203 Å². The molecule has 4 atom stereocenters. The van der Waals surface area contributed by atoms with Crippen molar-refractivity contribution in [2.45, 2.75) is 32.6 Å². The molecule has 5 rings (SSSR count). The molecule has 3 fully saturated rings. The van der Waals surface area contributed by atoms with Crippen LogP contribution in [0.15, 0.2) is 48.5 Å². The van der Waals surface area contributed by atoms with Gasteiger partial charge in [0.2, 0.25) is 17.7 Å². The smallest absolute Gasteiger partial charge is 0.316 e. The van der Waals surface area contributed by atoms with Crippen LogP contribution >= 0.6 is 0 Å². The fourth-order valence-electron chi connectivity index (χ4n) is 5.42. The molecule has 1 aliphatic carbocycles. The highest BCUT2D eigenvalue weighted by Gasteiger charge is 2.50. The van der Waals surface area contributed by atoms with E-state index in [1.54, 1.807) is 60.5 Å². The van der Waals surface area contributed by atoms with Crippen LogP contribution < -0.4 is 19.3 Å². The maximum atomic E-state index is 13.0. The normalized spacial score (nSPS) is 26.2. The van der Waals surface area contributed by atoms with Crippen LogP contribution in [-0.4, -0.2) is 37.3 Å². The zero-order valence-corrected chi connectivity index (χ0v) is 19.8. The van der Waals surface area contributed by atoms with Gasteiger partial charge < -0.3 is 14.4 Å². The summed E-state index contributed by atoms with van der Waals surface area (Å²) in [5, 5.41) is 0. The van der Waals surface area contributed by atoms with Crippen molar-refractivity contribution in [1.29, 1.82) is 0 Å². The average molecular weight is 477 g/mol. The van der Waals surface area contributed by atoms with Gasteiger partial charge in [-0.15, -0.1) is 0 Å². The van der Waals surface area contributed by atoms with Gasteiger partial charge in [-0.3, -0.25) is 19.2 Å². The van der Waals surface area contributed by atoms with E-state index >= 15 is 0 Å². The van der Waals surface area contributed by atoms with Gasteiger partial charge in [0.1, 0.15) is 11.5 Å². The van der Waals surface area contributed by atoms with Crippen molar-refractivity contribution in [1.82, 2.24) is 0 Å². The average Bonchev–Trinajstić information content (AvgIpc) is 3.36. The van der Waals surface area contributed by atoms with E-state index in [4.69, 9.17) is 9.47 Å². The summed E-state index contributed by atoms with van der Waals surface area (Å²) in [6.07, 6.45) is 2.43. The lowest BCUT2D eigenvalue weighted by Gasteiger charge is -2.25. The van der Waals surface area contributed by atoms with Crippen LogP contribution in [0, 0.1) is 23.7 Å². The predicted molar refractivity (Wildman–Crippen MR) is 128 cm³/mol. The molecule has 0 bridgehead atoms. The number of amides is 3. The summed E-state index contributed by atoms with van der Waals surface area (Å²) in [5.41, 5.74) is 1.07. The van der Waals surface area contributed by atoms with E-state index in [0.717, 1.165) is 19.3 Å². The van der Waals surface area contributed by atoms with Crippen LogP contribution in [0.4, 0.5) is 11.4 Å². The van der Waals surface area contributed by atoms with Gasteiger partial charge in [0.15, 0.2) is 0 Å². The number of imide groups is 1. The molecular weight excluding hydrogens is 448 g/mol. The Hall–Kier alpha value is -3.68. The van der Waals surface area contributed by atoms with E-state index in [9.17, 15) is 19.2 Å². The SMILES string of the molecule is COc1cccc(N2C[C@H](C(=O)Oc3cccc(N4C(=O)[C@H]5CC[C@@H](C)C[C@@H]5C4=O)c3)CC2=O)c1. The van der Waals surface area contributed by atoms with Crippen molar-refractivity contribution in [2.24, 2.45) is 23.7 Å². The Balaban J connectivity index is 1.28. The van der Waals surface area contributed by atoms with Crippen molar-refractivity contribution >= 4 is 35.1 Å². The summed E-state index contributed by atoms with van der Waals surface area (Å²) < 4.78 is 10.8. The topological polar surface area (TPSA) is 93.2 Å². The monoisotopic (exact) mass is 476 g/mol.